The molecule has 0 spiro atoms. The molecule has 0 saturated carbocycles. The lowest BCUT2D eigenvalue weighted by Crippen LogP contribution is -2.41. The molecule has 142 valence electrons. The molecule has 2 N–H and O–H groups in total. The Hall–Kier alpha value is -3.00. The van der Waals surface area contributed by atoms with Gasteiger partial charge < -0.3 is 20.1 Å². The second kappa shape index (κ2) is 8.13. The van der Waals surface area contributed by atoms with Gasteiger partial charge in [-0.1, -0.05) is 18.2 Å². The Labute approximate surface area is 154 Å². The molecule has 0 aliphatic carbocycles. The van der Waals surface area contributed by atoms with E-state index in [4.69, 9.17) is 4.74 Å². The molecule has 2 aromatic carbocycles. The van der Waals surface area contributed by atoms with E-state index < -0.39 is 17.7 Å². The van der Waals surface area contributed by atoms with E-state index in [1.807, 2.05) is 0 Å². The van der Waals surface area contributed by atoms with Gasteiger partial charge in [-0.2, -0.15) is 0 Å². The average molecular weight is 376 g/mol. The Balaban J connectivity index is 1.52. The second-order valence-corrected chi connectivity index (χ2v) is 6.05. The molecule has 3 rings (SSSR count). The molecular weight excluding hydrogens is 358 g/mol. The number of anilines is 1. The quantitative estimate of drug-likeness (QED) is 0.808. The lowest BCUT2D eigenvalue weighted by atomic mass is 10.1. The fourth-order valence-corrected chi connectivity index (χ4v) is 2.75. The van der Waals surface area contributed by atoms with Gasteiger partial charge in [0.25, 0.3) is 5.91 Å². The van der Waals surface area contributed by atoms with Crippen LogP contribution in [-0.4, -0.2) is 36.6 Å². The highest BCUT2D eigenvalue weighted by molar-refractivity contribution is 5.98. The van der Waals surface area contributed by atoms with Crippen molar-refractivity contribution in [3.05, 3.63) is 59.7 Å². The summed E-state index contributed by atoms with van der Waals surface area (Å²) in [5, 5.41) is 12.5. The van der Waals surface area contributed by atoms with Crippen LogP contribution in [0.3, 0.4) is 0 Å². The van der Waals surface area contributed by atoms with Crippen LogP contribution in [0.4, 0.5) is 14.5 Å². The van der Waals surface area contributed by atoms with Crippen LogP contribution in [0.5, 0.6) is 5.75 Å². The van der Waals surface area contributed by atoms with Gasteiger partial charge >= 0.3 is 0 Å². The van der Waals surface area contributed by atoms with Crippen LogP contribution in [-0.2, 0) is 9.59 Å². The summed E-state index contributed by atoms with van der Waals surface area (Å²) in [4.78, 5) is 25.6. The Kier molecular flexibility index (Phi) is 5.66. The van der Waals surface area contributed by atoms with Crippen LogP contribution in [0.2, 0.25) is 0 Å². The van der Waals surface area contributed by atoms with E-state index in [2.05, 4.69) is 5.32 Å². The molecule has 0 unspecified atom stereocenters. The van der Waals surface area contributed by atoms with Crippen molar-refractivity contribution in [2.75, 3.05) is 24.6 Å². The number of aliphatic hydroxyl groups excluding tert-OH is 1. The summed E-state index contributed by atoms with van der Waals surface area (Å²) in [6.07, 6.45) is -1.15. The maximum absolute atomic E-state index is 13.2. The van der Waals surface area contributed by atoms with Crippen molar-refractivity contribution in [3.8, 4) is 5.75 Å². The molecule has 6 nitrogen and oxygen atoms in total. The Bertz CT molecular complexity index is 859. The van der Waals surface area contributed by atoms with Crippen molar-refractivity contribution in [1.29, 1.82) is 0 Å². The zero-order chi connectivity index (χ0) is 19.4. The Morgan fingerprint density at radius 3 is 2.78 bits per heavy atom. The third-order valence-corrected chi connectivity index (χ3v) is 4.19. The highest BCUT2D eigenvalue weighted by Gasteiger charge is 2.25. The van der Waals surface area contributed by atoms with Gasteiger partial charge in [-0.15, -0.1) is 0 Å². The number of nitrogens with zero attached hydrogens (tertiary/aromatic N) is 1. The smallest absolute Gasteiger partial charge is 0.265 e. The van der Waals surface area contributed by atoms with Crippen LogP contribution in [0.1, 0.15) is 18.1 Å². The van der Waals surface area contributed by atoms with Crippen LogP contribution in [0.25, 0.3) is 0 Å². The third kappa shape index (κ3) is 4.40. The number of benzene rings is 2. The van der Waals surface area contributed by atoms with Crippen LogP contribution in [0, 0.1) is 11.6 Å². The van der Waals surface area contributed by atoms with E-state index in [0.29, 0.717) is 11.4 Å². The maximum Gasteiger partial charge on any atom is 0.265 e. The minimum atomic E-state index is -1.17. The number of hydrogen-bond acceptors (Lipinski definition) is 4. The van der Waals surface area contributed by atoms with E-state index in [1.54, 1.807) is 24.3 Å². The van der Waals surface area contributed by atoms with E-state index in [0.717, 1.165) is 12.1 Å². The average Bonchev–Trinajstić information content (AvgIpc) is 2.67. The van der Waals surface area contributed by atoms with Gasteiger partial charge in [0.1, 0.15) is 5.75 Å². The summed E-state index contributed by atoms with van der Waals surface area (Å²) in [6, 6.07) is 10.1. The van der Waals surface area contributed by atoms with Gasteiger partial charge in [-0.05, 0) is 29.8 Å². The molecule has 0 bridgehead atoms. The van der Waals surface area contributed by atoms with Gasteiger partial charge in [-0.3, -0.25) is 9.59 Å². The lowest BCUT2D eigenvalue weighted by molar-refractivity contribution is -0.122. The number of carbonyl (C=O) groups is 2. The number of rotatable bonds is 6. The normalized spacial score (nSPS) is 14.3. The highest BCUT2D eigenvalue weighted by atomic mass is 19.2. The van der Waals surface area contributed by atoms with E-state index in [9.17, 15) is 23.5 Å². The first-order valence-corrected chi connectivity index (χ1v) is 8.37. The fourth-order valence-electron chi connectivity index (χ4n) is 2.75. The van der Waals surface area contributed by atoms with Crippen LogP contribution < -0.4 is 15.0 Å². The van der Waals surface area contributed by atoms with Gasteiger partial charge in [0.15, 0.2) is 18.2 Å². The molecule has 1 aliphatic heterocycles. The molecule has 0 fully saturated rings. The largest absolute Gasteiger partial charge is 0.482 e. The molecular formula is C19H18F2N2O4. The molecule has 1 atom stereocenters. The van der Waals surface area contributed by atoms with Crippen molar-refractivity contribution in [3.63, 3.8) is 0 Å². The Morgan fingerprint density at radius 2 is 2.00 bits per heavy atom. The number of ether oxygens (including phenoxy) is 1. The van der Waals surface area contributed by atoms with Gasteiger partial charge in [0.05, 0.1) is 11.8 Å². The first-order valence-electron chi connectivity index (χ1n) is 8.37. The zero-order valence-electron chi connectivity index (χ0n) is 14.3. The number of halogens is 2. The van der Waals surface area contributed by atoms with Crippen molar-refractivity contribution < 1.29 is 28.2 Å². The number of para-hydroxylation sites is 2. The molecule has 1 heterocycles. The van der Waals surface area contributed by atoms with Crippen LogP contribution >= 0.6 is 0 Å². The summed E-state index contributed by atoms with van der Waals surface area (Å²) in [7, 11) is 0. The van der Waals surface area contributed by atoms with Crippen molar-refractivity contribution in [1.82, 2.24) is 5.32 Å². The topological polar surface area (TPSA) is 78.9 Å². The first-order chi connectivity index (χ1) is 13.0. The molecule has 2 amide bonds. The molecule has 8 heteroatoms. The predicted molar refractivity (Wildman–Crippen MR) is 93.2 cm³/mol. The Morgan fingerprint density at radius 1 is 1.22 bits per heavy atom. The van der Waals surface area contributed by atoms with Crippen molar-refractivity contribution in [2.45, 2.75) is 12.5 Å². The molecule has 0 saturated heterocycles. The molecule has 2 aromatic rings. The standard InChI is InChI=1S/C19H18F2N2O4/c20-13-6-5-12(9-14(13)21)16(24)10-22-18(25)7-8-23-15-3-1-2-4-17(15)27-11-19(23)26/h1-6,9,16,24H,7-8,10-11H2,(H,22,25)/t16-/m0/s1. The summed E-state index contributed by atoms with van der Waals surface area (Å²) < 4.78 is 31.5. The molecule has 0 radical (unpaired) electrons. The molecule has 27 heavy (non-hydrogen) atoms. The minimum Gasteiger partial charge on any atom is -0.482 e. The maximum atomic E-state index is 13.2. The number of amides is 2. The van der Waals surface area contributed by atoms with E-state index >= 15 is 0 Å². The van der Waals surface area contributed by atoms with Crippen molar-refractivity contribution in [2.24, 2.45) is 0 Å². The summed E-state index contributed by atoms with van der Waals surface area (Å²) in [6.45, 7) is -0.0860. The van der Waals surface area contributed by atoms with Gasteiger partial charge in [-0.25, -0.2) is 8.78 Å². The zero-order valence-corrected chi connectivity index (χ0v) is 14.3. The van der Waals surface area contributed by atoms with E-state index in [1.165, 1.54) is 11.0 Å². The van der Waals surface area contributed by atoms with Crippen molar-refractivity contribution >= 4 is 17.5 Å². The fraction of sp³-hybridized carbons (Fsp3) is 0.263. The second-order valence-electron chi connectivity index (χ2n) is 6.05. The van der Waals surface area contributed by atoms with Gasteiger partial charge in [0.2, 0.25) is 5.91 Å². The SMILES string of the molecule is O=C(CCN1C(=O)COc2ccccc21)NC[C@H](O)c1ccc(F)c(F)c1. The first kappa shape index (κ1) is 18.8. The highest BCUT2D eigenvalue weighted by Crippen LogP contribution is 2.31. The minimum absolute atomic E-state index is 0.0184. The molecule has 1 aliphatic rings. The summed E-state index contributed by atoms with van der Waals surface area (Å²) in [5.74, 6) is -2.13. The predicted octanol–water partition coefficient (Wildman–Crippen LogP) is 1.93. The number of aliphatic hydroxyl groups is 1. The lowest BCUT2D eigenvalue weighted by Gasteiger charge is -2.29. The number of fused-ring (bicyclic) bond motifs is 1. The number of nitrogens with one attached hydrogen (secondary N) is 1. The monoisotopic (exact) mass is 376 g/mol. The van der Waals surface area contributed by atoms with Crippen LogP contribution in [0.15, 0.2) is 42.5 Å². The molecule has 0 aromatic heterocycles. The number of hydrogen-bond donors (Lipinski definition) is 2. The summed E-state index contributed by atoms with van der Waals surface area (Å²) in [5.41, 5.74) is 0.759. The third-order valence-electron chi connectivity index (χ3n) is 4.19. The number of carbonyl (C=O) groups excluding carboxylic acids is 2. The van der Waals surface area contributed by atoms with E-state index in [-0.39, 0.29) is 43.5 Å². The van der Waals surface area contributed by atoms with Gasteiger partial charge in [0, 0.05) is 19.5 Å². The summed E-state index contributed by atoms with van der Waals surface area (Å²) >= 11 is 0.